The molecule has 16 aromatic rings. The van der Waals surface area contributed by atoms with Crippen LogP contribution < -0.4 is 76.7 Å². The van der Waals surface area contributed by atoms with Crippen LogP contribution in [0.3, 0.4) is 0 Å². The number of fused-ring (bicyclic) bond motifs is 8. The minimum atomic E-state index is -3.17. The van der Waals surface area contributed by atoms with E-state index in [2.05, 4.69) is 341 Å². The molecule has 16 rings (SSSR count). The van der Waals surface area contributed by atoms with Crippen molar-refractivity contribution in [3.05, 3.63) is 224 Å². The smallest absolute Gasteiger partial charge is 0.121 e. The molecule has 0 saturated heterocycles. The molecule has 8 aromatic heterocycles. The molecule has 0 saturated carbocycles. The summed E-state index contributed by atoms with van der Waals surface area (Å²) in [6.45, 7) is 44.9. The molecule has 0 atom stereocenters. The Balaban J connectivity index is 0.000000223. The van der Waals surface area contributed by atoms with Gasteiger partial charge in [0.15, 0.2) is 0 Å². The fraction of sp³-hybridized carbons (Fsp3) is 0.300. The fourth-order valence-corrected chi connectivity index (χ4v) is 37.1. The standard InChI is InChI=1S/8C10H12NTe.4BFO2/c8*1-3-11-8(2)12-10-7-5-4-6-9(10)11;4*2-1(3)4/h8*4-7H,3H2,1-2H3;;;;/q8*+1;4*-2. The van der Waals surface area contributed by atoms with Crippen LogP contribution in [0.15, 0.2) is 194 Å². The van der Waals surface area contributed by atoms with E-state index in [1.807, 2.05) is 0 Å². The fourth-order valence-electron chi connectivity index (χ4n) is 12.3. The predicted octanol–water partition coefficient (Wildman–Crippen LogP) is 2.75. The molecule has 0 fully saturated rings. The van der Waals surface area contributed by atoms with Gasteiger partial charge in [-0.1, -0.05) is 0 Å². The second kappa shape index (κ2) is 52.9. The molecule has 8 aromatic carbocycles. The summed E-state index contributed by atoms with van der Waals surface area (Å²) < 4.78 is 84.7. The van der Waals surface area contributed by atoms with E-state index < -0.39 is 29.6 Å². The predicted molar refractivity (Wildman–Crippen MR) is 439 cm³/mol. The zero-order valence-electron chi connectivity index (χ0n) is 66.1. The van der Waals surface area contributed by atoms with E-state index >= 15 is 0 Å². The molecule has 16 nitrogen and oxygen atoms in total. The maximum absolute atomic E-state index is 9.89. The Morgan fingerprint density at radius 1 is 0.196 bits per heavy atom. The Kier molecular flexibility index (Phi) is 47.1. The zero-order valence-corrected chi connectivity index (χ0v) is 84.7. The van der Waals surface area contributed by atoms with Crippen LogP contribution in [0, 0.1) is 55.4 Å². The maximum Gasteiger partial charge on any atom is 0.121 e. The molecule has 0 aliphatic heterocycles. The van der Waals surface area contributed by atoms with Crippen LogP contribution in [0.4, 0.5) is 17.3 Å². The average molecular weight is 2440 g/mol. The van der Waals surface area contributed by atoms with Crippen LogP contribution in [0.25, 0.3) is 71.4 Å². The monoisotopic (exact) mass is 2460 g/mol. The number of nitrogens with zero attached hydrogens (tertiary/aromatic N) is 8. The van der Waals surface area contributed by atoms with Gasteiger partial charge in [-0.15, -0.1) is 0 Å². The second-order valence-corrected chi connectivity index (χ2v) is 52.0. The summed E-state index contributed by atoms with van der Waals surface area (Å²) in [5.41, 5.74) is 11.7. The van der Waals surface area contributed by atoms with Gasteiger partial charge in [-0.25, -0.2) is 0 Å². The first-order chi connectivity index (χ1) is 53.5. The number of aryl methyl sites for hydroxylation is 16. The molecule has 32 heteroatoms. The molecule has 592 valence electrons. The molecule has 0 aliphatic carbocycles. The molecule has 0 aliphatic rings. The van der Waals surface area contributed by atoms with Gasteiger partial charge in [0.2, 0.25) is 0 Å². The van der Waals surface area contributed by atoms with E-state index in [0.29, 0.717) is 0 Å². The molecular formula is C80H96B4F4N8O8Te8. The molecular weight excluding hydrogens is 2340 g/mol. The van der Waals surface area contributed by atoms with Crippen molar-refractivity contribution in [1.29, 1.82) is 0 Å². The molecule has 8 heterocycles. The van der Waals surface area contributed by atoms with Crippen LogP contribution in [0.2, 0.25) is 0 Å². The number of rotatable bonds is 8. The summed E-state index contributed by atoms with van der Waals surface area (Å²) >= 11 is -0.170. The van der Waals surface area contributed by atoms with E-state index in [1.54, 1.807) is 56.9 Å². The summed E-state index contributed by atoms with van der Waals surface area (Å²) in [6, 6.07) is 70.3. The first-order valence-electron chi connectivity index (χ1n) is 36.4. The van der Waals surface area contributed by atoms with Gasteiger partial charge in [0, 0.05) is 0 Å². The van der Waals surface area contributed by atoms with Crippen LogP contribution in [0.1, 0.15) is 85.1 Å². The van der Waals surface area contributed by atoms with Crippen molar-refractivity contribution in [3.8, 4) is 0 Å². The minimum Gasteiger partial charge on any atom is -0.867 e. The number of hydrogen-bond donors (Lipinski definition) is 0. The zero-order chi connectivity index (χ0) is 82.7. The quantitative estimate of drug-likeness (QED) is 0.125. The van der Waals surface area contributed by atoms with Crippen molar-refractivity contribution in [1.82, 2.24) is 0 Å². The summed E-state index contributed by atoms with van der Waals surface area (Å²) in [4.78, 5) is 0. The number of para-hydroxylation sites is 8. The van der Waals surface area contributed by atoms with Crippen molar-refractivity contribution in [2.75, 3.05) is 0 Å². The summed E-state index contributed by atoms with van der Waals surface area (Å²) in [7, 11) is -12.7. The van der Waals surface area contributed by atoms with E-state index in [4.69, 9.17) is 40.2 Å². The van der Waals surface area contributed by atoms with Crippen LogP contribution in [-0.4, -0.2) is 193 Å². The third-order valence-corrected chi connectivity index (χ3v) is 41.6. The Hall–Kier alpha value is -2.90. The van der Waals surface area contributed by atoms with E-state index in [1.165, 1.54) is 44.1 Å². The van der Waals surface area contributed by atoms with Crippen LogP contribution >= 0.6 is 0 Å². The molecule has 0 N–H and O–H groups in total. The van der Waals surface area contributed by atoms with Crippen molar-refractivity contribution >= 4 is 264 Å². The third-order valence-electron chi connectivity index (χ3n) is 16.9. The molecule has 0 spiro atoms. The van der Waals surface area contributed by atoms with Crippen LogP contribution in [0.5, 0.6) is 0 Å². The first kappa shape index (κ1) is 99.7. The van der Waals surface area contributed by atoms with Gasteiger partial charge in [0.05, 0.1) is 0 Å². The van der Waals surface area contributed by atoms with Crippen molar-refractivity contribution in [2.45, 2.75) is 163 Å². The first-order valence-corrected chi connectivity index (χ1v) is 55.1. The second-order valence-electron chi connectivity index (χ2n) is 23.8. The van der Waals surface area contributed by atoms with Gasteiger partial charge in [-0.3, -0.25) is 0 Å². The van der Waals surface area contributed by atoms with Gasteiger partial charge in [-0.05, 0) is 0 Å². The Morgan fingerprint density at radius 2 is 0.277 bits per heavy atom. The minimum absolute atomic E-state index is 0.0212. The van der Waals surface area contributed by atoms with Gasteiger partial charge in [0.1, 0.15) is 29.6 Å². The Morgan fingerprint density at radius 3 is 0.357 bits per heavy atom. The number of halogens is 4. The number of hydrogen-bond acceptors (Lipinski definition) is 8. The molecule has 112 heavy (non-hydrogen) atoms. The third kappa shape index (κ3) is 31.0. The Bertz CT molecular complexity index is 4470. The van der Waals surface area contributed by atoms with Crippen LogP contribution in [-0.2, 0) is 52.4 Å². The molecule has 0 radical (unpaired) electrons. The maximum atomic E-state index is 9.89. The molecule has 0 bridgehead atoms. The van der Waals surface area contributed by atoms with Gasteiger partial charge >= 0.3 is 658 Å². The SMILES string of the molecule is CC[n+]1c(C)[te]c2ccccc21.CC[n+]1c(C)[te]c2ccccc21.CC[n+]1c(C)[te]c2ccccc21.CC[n+]1c(C)[te]c2ccccc21.CC[n+]1c(C)[te]c2ccccc21.CC[n+]1c(C)[te]c2ccccc21.CC[n+]1c(C)[te]c2ccccc21.CC[n+]1c(C)[te]c2ccccc21.[O-]B([O-])F.[O-]B([O-])F.[O-]B([O-])F.[O-]B([O-])F. The molecule has 0 amide bonds. The van der Waals surface area contributed by atoms with E-state index in [-0.39, 0.29) is 163 Å². The largest absolute Gasteiger partial charge is 0.867 e. The number of benzene rings is 8. The van der Waals surface area contributed by atoms with Gasteiger partial charge in [0.25, 0.3) is 0 Å². The van der Waals surface area contributed by atoms with Crippen molar-refractivity contribution in [3.63, 3.8) is 0 Å². The summed E-state index contributed by atoms with van der Waals surface area (Å²) in [5, 5.41) is 66.4. The van der Waals surface area contributed by atoms with Crippen molar-refractivity contribution < 1.29 is 94.0 Å². The van der Waals surface area contributed by atoms with E-state index in [9.17, 15) is 17.3 Å². The molecule has 0 unspecified atom stereocenters. The van der Waals surface area contributed by atoms with E-state index in [0.717, 1.165) is 52.4 Å². The average Bonchev–Trinajstić information content (AvgIpc) is 1.74. The van der Waals surface area contributed by atoms with Crippen molar-refractivity contribution in [2.24, 2.45) is 0 Å². The van der Waals surface area contributed by atoms with Gasteiger partial charge < -0.3 is 57.5 Å². The Labute approximate surface area is 735 Å². The number of aromatic nitrogens is 8. The van der Waals surface area contributed by atoms with Gasteiger partial charge in [-0.2, -0.15) is 0 Å². The summed E-state index contributed by atoms with van der Waals surface area (Å²) in [6.07, 6.45) is 0. The summed E-state index contributed by atoms with van der Waals surface area (Å²) in [5.74, 6) is 0. The topological polar surface area (TPSA) is 216 Å². The normalized spacial score (nSPS) is 10.2.